The summed E-state index contributed by atoms with van der Waals surface area (Å²) in [4.78, 5) is 0. The van der Waals surface area contributed by atoms with Gasteiger partial charge in [-0.05, 0) is 6.92 Å². The third-order valence-corrected chi connectivity index (χ3v) is 2.12. The molecule has 0 radical (unpaired) electrons. The first-order valence-electron chi connectivity index (χ1n) is 4.84. The highest BCUT2D eigenvalue weighted by Gasteiger charge is 2.14. The van der Waals surface area contributed by atoms with E-state index in [1.807, 2.05) is 0 Å². The third kappa shape index (κ3) is 3.25. The highest BCUT2D eigenvalue weighted by atomic mass is 19.3. The van der Waals surface area contributed by atoms with Gasteiger partial charge in [-0.15, -0.1) is 0 Å². The molecule has 0 aliphatic carbocycles. The van der Waals surface area contributed by atoms with Gasteiger partial charge in [0.1, 0.15) is 11.5 Å². The zero-order valence-corrected chi connectivity index (χ0v) is 9.46. The Morgan fingerprint density at radius 3 is 1.94 bits per heavy atom. The number of alkyl halides is 2. The number of anilines is 1. The lowest BCUT2D eigenvalue weighted by atomic mass is 10.2. The first-order valence-corrected chi connectivity index (χ1v) is 4.84. The van der Waals surface area contributed by atoms with Crippen molar-refractivity contribution in [1.82, 2.24) is 0 Å². The van der Waals surface area contributed by atoms with Crippen molar-refractivity contribution in [3.05, 3.63) is 18.2 Å². The molecule has 0 heterocycles. The number of rotatable bonds is 5. The summed E-state index contributed by atoms with van der Waals surface area (Å²) < 4.78 is 34.8. The summed E-state index contributed by atoms with van der Waals surface area (Å²) in [6.07, 6.45) is -2.42. The predicted octanol–water partition coefficient (Wildman–Crippen LogP) is 2.77. The van der Waals surface area contributed by atoms with Crippen LogP contribution in [-0.4, -0.2) is 26.7 Å². The van der Waals surface area contributed by atoms with Crippen LogP contribution in [-0.2, 0) is 0 Å². The molecule has 90 valence electrons. The van der Waals surface area contributed by atoms with Gasteiger partial charge < -0.3 is 14.8 Å². The summed E-state index contributed by atoms with van der Waals surface area (Å²) >= 11 is 0. The second-order valence-electron chi connectivity index (χ2n) is 3.37. The van der Waals surface area contributed by atoms with E-state index in [1.165, 1.54) is 21.1 Å². The predicted molar refractivity (Wildman–Crippen MR) is 58.6 cm³/mol. The molecular formula is C11H15F2NO2. The largest absolute Gasteiger partial charge is 0.497 e. The van der Waals surface area contributed by atoms with Gasteiger partial charge in [0.25, 0.3) is 6.43 Å². The maximum absolute atomic E-state index is 12.4. The van der Waals surface area contributed by atoms with E-state index in [2.05, 4.69) is 5.32 Å². The Labute approximate surface area is 93.4 Å². The smallest absolute Gasteiger partial charge is 0.258 e. The van der Waals surface area contributed by atoms with Crippen LogP contribution in [0.25, 0.3) is 0 Å². The van der Waals surface area contributed by atoms with Gasteiger partial charge in [0.2, 0.25) is 0 Å². The van der Waals surface area contributed by atoms with Crippen LogP contribution < -0.4 is 14.8 Å². The maximum atomic E-state index is 12.4. The Hall–Kier alpha value is -1.52. The normalized spacial score (nSPS) is 12.4. The lowest BCUT2D eigenvalue weighted by molar-refractivity contribution is 0.130. The molecule has 0 aromatic heterocycles. The standard InChI is InChI=1S/C11H15F2NO2/c1-7(11(12)13)14-8-4-9(15-2)6-10(5-8)16-3/h4-7,11,14H,1-3H3. The average molecular weight is 231 g/mol. The topological polar surface area (TPSA) is 30.5 Å². The van der Waals surface area contributed by atoms with Gasteiger partial charge >= 0.3 is 0 Å². The van der Waals surface area contributed by atoms with Crippen LogP contribution >= 0.6 is 0 Å². The van der Waals surface area contributed by atoms with Crippen LogP contribution in [0.5, 0.6) is 11.5 Å². The zero-order chi connectivity index (χ0) is 12.1. The van der Waals surface area contributed by atoms with Gasteiger partial charge in [-0.25, -0.2) is 8.78 Å². The molecule has 1 aromatic rings. The lowest BCUT2D eigenvalue weighted by Crippen LogP contribution is -2.23. The molecule has 1 rings (SSSR count). The van der Waals surface area contributed by atoms with Gasteiger partial charge in [0, 0.05) is 23.9 Å². The molecule has 1 atom stereocenters. The molecule has 1 N–H and O–H groups in total. The average Bonchev–Trinajstić information content (AvgIpc) is 2.28. The minimum atomic E-state index is -2.42. The van der Waals surface area contributed by atoms with Gasteiger partial charge in [-0.1, -0.05) is 0 Å². The van der Waals surface area contributed by atoms with Crippen molar-refractivity contribution >= 4 is 5.69 Å². The van der Waals surface area contributed by atoms with Crippen molar-refractivity contribution in [1.29, 1.82) is 0 Å². The van der Waals surface area contributed by atoms with Crippen molar-refractivity contribution in [2.24, 2.45) is 0 Å². The lowest BCUT2D eigenvalue weighted by Gasteiger charge is -2.15. The van der Waals surface area contributed by atoms with Crippen molar-refractivity contribution in [3.8, 4) is 11.5 Å². The minimum absolute atomic E-state index is 0.545. The molecule has 3 nitrogen and oxygen atoms in total. The second kappa shape index (κ2) is 5.53. The fourth-order valence-electron chi connectivity index (χ4n) is 1.22. The highest BCUT2D eigenvalue weighted by Crippen LogP contribution is 2.26. The number of hydrogen-bond donors (Lipinski definition) is 1. The van der Waals surface area contributed by atoms with Gasteiger partial charge in [0.05, 0.1) is 20.3 Å². The van der Waals surface area contributed by atoms with Crippen molar-refractivity contribution < 1.29 is 18.3 Å². The Morgan fingerprint density at radius 1 is 1.06 bits per heavy atom. The molecule has 0 bridgehead atoms. The van der Waals surface area contributed by atoms with E-state index < -0.39 is 12.5 Å². The molecule has 1 aromatic carbocycles. The molecule has 1 unspecified atom stereocenters. The Balaban J connectivity index is 2.86. The summed E-state index contributed by atoms with van der Waals surface area (Å²) in [5, 5.41) is 2.68. The fourth-order valence-corrected chi connectivity index (χ4v) is 1.22. The molecular weight excluding hydrogens is 216 g/mol. The number of hydrogen-bond acceptors (Lipinski definition) is 3. The van der Waals surface area contributed by atoms with E-state index in [-0.39, 0.29) is 0 Å². The number of halogens is 2. The molecule has 0 fully saturated rings. The van der Waals surface area contributed by atoms with E-state index >= 15 is 0 Å². The maximum Gasteiger partial charge on any atom is 0.258 e. The van der Waals surface area contributed by atoms with Crippen molar-refractivity contribution in [2.45, 2.75) is 19.4 Å². The molecule has 5 heteroatoms. The minimum Gasteiger partial charge on any atom is -0.497 e. The van der Waals surface area contributed by atoms with Crippen LogP contribution in [0.15, 0.2) is 18.2 Å². The summed E-state index contributed by atoms with van der Waals surface area (Å²) in [5.41, 5.74) is 0.545. The van der Waals surface area contributed by atoms with E-state index in [0.29, 0.717) is 17.2 Å². The number of benzene rings is 1. The van der Waals surface area contributed by atoms with E-state index in [4.69, 9.17) is 9.47 Å². The van der Waals surface area contributed by atoms with Gasteiger partial charge in [-0.3, -0.25) is 0 Å². The van der Waals surface area contributed by atoms with E-state index in [0.717, 1.165) is 0 Å². The first kappa shape index (κ1) is 12.5. The van der Waals surface area contributed by atoms with Crippen molar-refractivity contribution in [2.75, 3.05) is 19.5 Å². The van der Waals surface area contributed by atoms with Crippen molar-refractivity contribution in [3.63, 3.8) is 0 Å². The molecule has 0 aliphatic rings. The molecule has 16 heavy (non-hydrogen) atoms. The monoisotopic (exact) mass is 231 g/mol. The third-order valence-electron chi connectivity index (χ3n) is 2.12. The van der Waals surface area contributed by atoms with E-state index in [9.17, 15) is 8.78 Å². The van der Waals surface area contributed by atoms with Crippen LogP contribution in [0.1, 0.15) is 6.92 Å². The molecule has 0 amide bonds. The summed E-state index contributed by atoms with van der Waals surface area (Å²) in [6, 6.07) is 4.04. The van der Waals surface area contributed by atoms with Crippen LogP contribution in [0.3, 0.4) is 0 Å². The van der Waals surface area contributed by atoms with Crippen LogP contribution in [0.4, 0.5) is 14.5 Å². The summed E-state index contributed by atoms with van der Waals surface area (Å²) in [7, 11) is 3.02. The molecule has 0 aliphatic heterocycles. The molecule has 0 saturated carbocycles. The van der Waals surface area contributed by atoms with Crippen LogP contribution in [0.2, 0.25) is 0 Å². The molecule has 0 spiro atoms. The van der Waals surface area contributed by atoms with E-state index in [1.54, 1.807) is 18.2 Å². The highest BCUT2D eigenvalue weighted by molar-refractivity contribution is 5.54. The second-order valence-corrected chi connectivity index (χ2v) is 3.37. The Bertz CT molecular complexity index is 323. The number of nitrogens with one attached hydrogen (secondary N) is 1. The number of methoxy groups -OCH3 is 2. The fraction of sp³-hybridized carbons (Fsp3) is 0.455. The zero-order valence-electron chi connectivity index (χ0n) is 9.46. The van der Waals surface area contributed by atoms with Gasteiger partial charge in [0.15, 0.2) is 0 Å². The Morgan fingerprint density at radius 2 is 1.56 bits per heavy atom. The quantitative estimate of drug-likeness (QED) is 0.845. The van der Waals surface area contributed by atoms with Gasteiger partial charge in [-0.2, -0.15) is 0 Å². The number of ether oxygens (including phenoxy) is 2. The van der Waals surface area contributed by atoms with Crippen LogP contribution in [0, 0.1) is 0 Å². The SMILES string of the molecule is COc1cc(NC(C)C(F)F)cc(OC)c1. The summed E-state index contributed by atoms with van der Waals surface area (Å²) in [6.45, 7) is 1.41. The first-order chi connectivity index (χ1) is 7.56. The summed E-state index contributed by atoms with van der Waals surface area (Å²) in [5.74, 6) is 1.12. The molecule has 0 saturated heterocycles. The Kier molecular flexibility index (Phi) is 4.34.